The molecule has 33 heavy (non-hydrogen) atoms. The summed E-state index contributed by atoms with van der Waals surface area (Å²) in [6.07, 6.45) is 2.07. The van der Waals surface area contributed by atoms with Gasteiger partial charge in [0.05, 0.1) is 17.5 Å². The molecule has 2 amide bonds. The van der Waals surface area contributed by atoms with Crippen molar-refractivity contribution >= 4 is 23.6 Å². The van der Waals surface area contributed by atoms with Crippen LogP contribution in [0.1, 0.15) is 29.5 Å². The molecule has 0 unspecified atom stereocenters. The molecule has 1 aliphatic rings. The number of benzene rings is 2. The number of para-hydroxylation sites is 1. The lowest BCUT2D eigenvalue weighted by Crippen LogP contribution is -2.43. The van der Waals surface area contributed by atoms with Crippen LogP contribution in [0.15, 0.2) is 65.8 Å². The van der Waals surface area contributed by atoms with Crippen LogP contribution in [0.2, 0.25) is 0 Å². The van der Waals surface area contributed by atoms with Crippen LogP contribution in [0.4, 0.5) is 0 Å². The number of tetrazole rings is 1. The highest BCUT2D eigenvalue weighted by Crippen LogP contribution is 2.36. The number of hydrazine groups is 1. The Morgan fingerprint density at radius 3 is 2.45 bits per heavy atom. The van der Waals surface area contributed by atoms with Crippen LogP contribution in [0.25, 0.3) is 17.1 Å². The topological polar surface area (TPSA) is 133 Å². The first kappa shape index (κ1) is 20.8. The van der Waals surface area contributed by atoms with E-state index in [1.165, 1.54) is 11.8 Å². The van der Waals surface area contributed by atoms with Gasteiger partial charge in [0, 0.05) is 5.56 Å². The lowest BCUT2D eigenvalue weighted by Gasteiger charge is -2.05. The van der Waals surface area contributed by atoms with Gasteiger partial charge in [-0.1, -0.05) is 60.3 Å². The second-order valence-electron chi connectivity index (χ2n) is 7.30. The maximum atomic E-state index is 12.7. The molecule has 0 bridgehead atoms. The van der Waals surface area contributed by atoms with E-state index in [9.17, 15) is 9.59 Å². The minimum absolute atomic E-state index is 0.0501. The Morgan fingerprint density at radius 1 is 1.00 bits per heavy atom. The van der Waals surface area contributed by atoms with Crippen molar-refractivity contribution in [2.45, 2.75) is 24.0 Å². The molecule has 0 radical (unpaired) electrons. The predicted molar refractivity (Wildman–Crippen MR) is 119 cm³/mol. The average molecular weight is 462 g/mol. The molecule has 166 valence electrons. The van der Waals surface area contributed by atoms with E-state index in [0.717, 1.165) is 24.1 Å². The van der Waals surface area contributed by atoms with Gasteiger partial charge in [-0.15, -0.1) is 10.2 Å². The fourth-order valence-corrected chi connectivity index (χ4v) is 3.85. The summed E-state index contributed by atoms with van der Waals surface area (Å²) in [5, 5.41) is 16.5. The number of amides is 2. The third-order valence-corrected chi connectivity index (χ3v) is 5.78. The van der Waals surface area contributed by atoms with Crippen molar-refractivity contribution in [3.63, 3.8) is 0 Å². The van der Waals surface area contributed by atoms with E-state index in [2.05, 4.69) is 36.5 Å². The van der Waals surface area contributed by atoms with Gasteiger partial charge in [0.2, 0.25) is 16.9 Å². The molecule has 0 aliphatic heterocycles. The molecule has 4 aromatic rings. The number of thioether (sulfide) groups is 1. The highest BCUT2D eigenvalue weighted by molar-refractivity contribution is 7.99. The normalized spacial score (nSPS) is 13.0. The van der Waals surface area contributed by atoms with Crippen molar-refractivity contribution < 1.29 is 9.59 Å². The van der Waals surface area contributed by atoms with Gasteiger partial charge in [0.1, 0.15) is 0 Å². The van der Waals surface area contributed by atoms with Crippen molar-refractivity contribution in [1.82, 2.24) is 45.8 Å². The van der Waals surface area contributed by atoms with Gasteiger partial charge in [-0.05, 0) is 35.4 Å². The molecule has 1 aliphatic carbocycles. The average Bonchev–Trinajstić information content (AvgIpc) is 3.42. The van der Waals surface area contributed by atoms with Gasteiger partial charge in [0.15, 0.2) is 5.82 Å². The van der Waals surface area contributed by atoms with Crippen LogP contribution in [-0.4, -0.2) is 52.5 Å². The standard InChI is InChI=1S/C21H19N9O2S/c31-17(13-33-21-25-27-28-30(21)16-11-12-16)23-24-20(32)18-22-19(14-7-3-1-4-8-14)29(26-18)15-9-5-2-6-10-15/h1-10,16H,11-13H2,(H,23,31)(H,24,32). The van der Waals surface area contributed by atoms with Gasteiger partial charge in [-0.2, -0.15) is 0 Å². The largest absolute Gasteiger partial charge is 0.309 e. The molecule has 0 saturated heterocycles. The summed E-state index contributed by atoms with van der Waals surface area (Å²) in [6, 6.07) is 19.2. The smallest absolute Gasteiger partial charge is 0.272 e. The summed E-state index contributed by atoms with van der Waals surface area (Å²) >= 11 is 1.21. The molecular formula is C21H19N9O2S. The second kappa shape index (κ2) is 9.20. The van der Waals surface area contributed by atoms with Gasteiger partial charge in [-0.25, -0.2) is 14.3 Å². The Bertz CT molecular complexity index is 1210. The van der Waals surface area contributed by atoms with E-state index >= 15 is 0 Å². The quantitative estimate of drug-likeness (QED) is 0.315. The minimum Gasteiger partial charge on any atom is -0.272 e. The van der Waals surface area contributed by atoms with E-state index < -0.39 is 11.8 Å². The van der Waals surface area contributed by atoms with Crippen molar-refractivity contribution in [1.29, 1.82) is 0 Å². The maximum absolute atomic E-state index is 12.7. The summed E-state index contributed by atoms with van der Waals surface area (Å²) in [5.41, 5.74) is 6.33. The van der Waals surface area contributed by atoms with Crippen LogP contribution < -0.4 is 10.9 Å². The fraction of sp³-hybridized carbons (Fsp3) is 0.190. The van der Waals surface area contributed by atoms with E-state index in [1.54, 1.807) is 9.36 Å². The summed E-state index contributed by atoms with van der Waals surface area (Å²) in [6.45, 7) is 0. The minimum atomic E-state index is -0.622. The summed E-state index contributed by atoms with van der Waals surface area (Å²) < 4.78 is 3.32. The zero-order valence-corrected chi connectivity index (χ0v) is 18.1. The molecule has 12 heteroatoms. The highest BCUT2D eigenvalue weighted by atomic mass is 32.2. The third-order valence-electron chi connectivity index (χ3n) is 4.85. The Kier molecular flexibility index (Phi) is 5.81. The molecule has 0 spiro atoms. The van der Waals surface area contributed by atoms with Crippen LogP contribution in [0.5, 0.6) is 0 Å². The van der Waals surface area contributed by atoms with Crippen LogP contribution in [0, 0.1) is 0 Å². The third kappa shape index (κ3) is 4.75. The number of nitrogens with zero attached hydrogens (tertiary/aromatic N) is 7. The molecule has 5 rings (SSSR count). The first-order valence-electron chi connectivity index (χ1n) is 10.3. The Labute approximate surface area is 192 Å². The molecule has 2 N–H and O–H groups in total. The maximum Gasteiger partial charge on any atom is 0.309 e. The molecule has 2 aromatic heterocycles. The lowest BCUT2D eigenvalue weighted by atomic mass is 10.2. The number of carbonyl (C=O) groups excluding carboxylic acids is 2. The van der Waals surface area contributed by atoms with Gasteiger partial charge in [0.25, 0.3) is 0 Å². The molecular weight excluding hydrogens is 442 g/mol. The first-order valence-corrected chi connectivity index (χ1v) is 11.3. The lowest BCUT2D eigenvalue weighted by molar-refractivity contribution is -0.119. The van der Waals surface area contributed by atoms with Crippen LogP contribution in [-0.2, 0) is 4.79 Å². The molecule has 0 atom stereocenters. The highest BCUT2D eigenvalue weighted by Gasteiger charge is 2.28. The molecule has 1 saturated carbocycles. The van der Waals surface area contributed by atoms with Crippen LogP contribution >= 0.6 is 11.8 Å². The van der Waals surface area contributed by atoms with Gasteiger partial charge in [-0.3, -0.25) is 20.4 Å². The number of hydrogen-bond acceptors (Lipinski definition) is 8. The molecule has 11 nitrogen and oxygen atoms in total. The summed E-state index contributed by atoms with van der Waals surface area (Å²) in [4.78, 5) is 29.3. The first-order chi connectivity index (χ1) is 16.2. The van der Waals surface area contributed by atoms with Crippen LogP contribution in [0.3, 0.4) is 0 Å². The Hall–Kier alpha value is -4.06. The molecule has 2 heterocycles. The fourth-order valence-electron chi connectivity index (χ4n) is 3.11. The zero-order chi connectivity index (χ0) is 22.6. The number of aromatic nitrogens is 7. The van der Waals surface area contributed by atoms with Crippen molar-refractivity contribution in [3.05, 3.63) is 66.5 Å². The molecule has 2 aromatic carbocycles. The second-order valence-corrected chi connectivity index (χ2v) is 8.24. The number of nitrogens with one attached hydrogen (secondary N) is 2. The van der Waals surface area contributed by atoms with E-state index in [0.29, 0.717) is 17.0 Å². The summed E-state index contributed by atoms with van der Waals surface area (Å²) in [5.74, 6) is -0.522. The van der Waals surface area contributed by atoms with Crippen molar-refractivity contribution in [3.8, 4) is 17.1 Å². The number of hydrogen-bond donors (Lipinski definition) is 2. The van der Waals surface area contributed by atoms with Gasteiger partial charge < -0.3 is 0 Å². The SMILES string of the molecule is O=C(CSc1nnnn1C1CC1)NNC(=O)c1nc(-c2ccccc2)n(-c2ccccc2)n1. The van der Waals surface area contributed by atoms with Crippen molar-refractivity contribution in [2.24, 2.45) is 0 Å². The number of rotatable bonds is 7. The van der Waals surface area contributed by atoms with E-state index in [-0.39, 0.29) is 11.6 Å². The zero-order valence-electron chi connectivity index (χ0n) is 17.3. The molecule has 1 fully saturated rings. The Balaban J connectivity index is 1.26. The Morgan fingerprint density at radius 2 is 1.73 bits per heavy atom. The van der Waals surface area contributed by atoms with Gasteiger partial charge >= 0.3 is 5.91 Å². The summed E-state index contributed by atoms with van der Waals surface area (Å²) in [7, 11) is 0. The van der Waals surface area contributed by atoms with E-state index in [1.807, 2.05) is 60.7 Å². The van der Waals surface area contributed by atoms with Crippen molar-refractivity contribution in [2.75, 3.05) is 5.75 Å². The predicted octanol–water partition coefficient (Wildman–Crippen LogP) is 1.81. The monoisotopic (exact) mass is 461 g/mol. The van der Waals surface area contributed by atoms with E-state index in [4.69, 9.17) is 0 Å². The number of carbonyl (C=O) groups is 2.